The van der Waals surface area contributed by atoms with Crippen molar-refractivity contribution in [1.29, 1.82) is 0 Å². The molecule has 0 aliphatic heterocycles. The summed E-state index contributed by atoms with van der Waals surface area (Å²) in [6, 6.07) is 29.2. The van der Waals surface area contributed by atoms with Gasteiger partial charge in [-0.05, 0) is 48.5 Å². The van der Waals surface area contributed by atoms with E-state index in [1.165, 1.54) is 21.6 Å². The number of ether oxygens (including phenoxy) is 2. The van der Waals surface area contributed by atoms with Crippen LogP contribution in [-0.4, -0.2) is 26.0 Å². The molecule has 0 bridgehead atoms. The molecule has 0 atom stereocenters. The van der Waals surface area contributed by atoms with Crippen molar-refractivity contribution >= 4 is 44.8 Å². The molecule has 0 fully saturated rings. The van der Waals surface area contributed by atoms with Crippen LogP contribution >= 0.6 is 21.6 Å². The van der Waals surface area contributed by atoms with E-state index in [2.05, 4.69) is 10.6 Å². The molecule has 0 saturated carbocycles. The first kappa shape index (κ1) is 25.2. The smallest absolute Gasteiger partial charge is 0.256 e. The number of rotatable bonds is 9. The van der Waals surface area contributed by atoms with E-state index in [4.69, 9.17) is 9.47 Å². The fourth-order valence-corrected chi connectivity index (χ4v) is 5.78. The van der Waals surface area contributed by atoms with Crippen LogP contribution in [0.1, 0.15) is 20.7 Å². The molecule has 0 saturated heterocycles. The van der Waals surface area contributed by atoms with Gasteiger partial charge < -0.3 is 20.1 Å². The second-order valence-electron chi connectivity index (χ2n) is 7.47. The van der Waals surface area contributed by atoms with Crippen molar-refractivity contribution in [1.82, 2.24) is 0 Å². The van der Waals surface area contributed by atoms with Gasteiger partial charge in [0.25, 0.3) is 11.8 Å². The largest absolute Gasteiger partial charge is 0.495 e. The Morgan fingerprint density at radius 3 is 1.33 bits per heavy atom. The molecule has 0 aliphatic rings. The number of amides is 2. The molecule has 0 spiro atoms. The topological polar surface area (TPSA) is 76.7 Å². The first-order chi connectivity index (χ1) is 17.6. The minimum Gasteiger partial charge on any atom is -0.495 e. The Bertz CT molecular complexity index is 1270. The molecule has 2 N–H and O–H groups in total. The van der Waals surface area contributed by atoms with Crippen LogP contribution in [-0.2, 0) is 0 Å². The summed E-state index contributed by atoms with van der Waals surface area (Å²) in [5.41, 5.74) is 2.24. The summed E-state index contributed by atoms with van der Waals surface area (Å²) in [5.74, 6) is 0.677. The lowest BCUT2D eigenvalue weighted by atomic mass is 10.2. The Balaban J connectivity index is 1.51. The van der Waals surface area contributed by atoms with E-state index in [1.807, 2.05) is 60.7 Å². The Morgan fingerprint density at radius 2 is 0.917 bits per heavy atom. The highest BCUT2D eigenvalue weighted by atomic mass is 33.1. The molecule has 4 aromatic carbocycles. The zero-order valence-electron chi connectivity index (χ0n) is 19.7. The monoisotopic (exact) mass is 516 g/mol. The van der Waals surface area contributed by atoms with Crippen LogP contribution in [0.25, 0.3) is 0 Å². The molecular formula is C28H24N2O4S2. The van der Waals surface area contributed by atoms with Crippen molar-refractivity contribution in [3.8, 4) is 11.5 Å². The molecule has 0 aliphatic carbocycles. The van der Waals surface area contributed by atoms with E-state index in [1.54, 1.807) is 50.6 Å². The number of nitrogens with one attached hydrogen (secondary N) is 2. The van der Waals surface area contributed by atoms with Gasteiger partial charge in [-0.1, -0.05) is 70.1 Å². The average molecular weight is 517 g/mol. The Morgan fingerprint density at radius 1 is 0.556 bits per heavy atom. The van der Waals surface area contributed by atoms with E-state index >= 15 is 0 Å². The van der Waals surface area contributed by atoms with Gasteiger partial charge in [0.05, 0.1) is 36.7 Å². The van der Waals surface area contributed by atoms with E-state index in [9.17, 15) is 9.59 Å². The molecule has 4 aromatic rings. The number of para-hydroxylation sites is 4. The molecule has 2 amide bonds. The van der Waals surface area contributed by atoms with E-state index in [0.29, 0.717) is 34.0 Å². The second-order valence-corrected chi connectivity index (χ2v) is 9.68. The summed E-state index contributed by atoms with van der Waals surface area (Å²) in [6.07, 6.45) is 0. The standard InChI is InChI=1S/C28H24N2O4S2/c1-33-23-15-7-5-13-21(23)29-27(31)19-11-3-9-17-25(19)35-36-26-18-10-4-12-20(26)28(32)30-22-14-6-8-16-24(22)34-2/h3-18H,1-2H3,(H,29,31)(H,30,32). The zero-order valence-corrected chi connectivity index (χ0v) is 21.3. The Kier molecular flexibility index (Phi) is 8.54. The number of hydrogen-bond acceptors (Lipinski definition) is 6. The lowest BCUT2D eigenvalue weighted by Crippen LogP contribution is -2.14. The Hall–Kier alpha value is -3.88. The summed E-state index contributed by atoms with van der Waals surface area (Å²) in [5, 5.41) is 5.84. The highest BCUT2D eigenvalue weighted by Gasteiger charge is 2.17. The van der Waals surface area contributed by atoms with Gasteiger partial charge in [0.15, 0.2) is 0 Å². The van der Waals surface area contributed by atoms with Crippen LogP contribution in [0.4, 0.5) is 11.4 Å². The summed E-state index contributed by atoms with van der Waals surface area (Å²) < 4.78 is 10.7. The predicted octanol–water partition coefficient (Wildman–Crippen LogP) is 7.01. The number of methoxy groups -OCH3 is 2. The maximum atomic E-state index is 13.1. The number of anilines is 2. The molecule has 36 heavy (non-hydrogen) atoms. The second kappa shape index (κ2) is 12.2. The summed E-state index contributed by atoms with van der Waals surface area (Å²) >= 11 is 0. The van der Waals surface area contributed by atoms with Crippen molar-refractivity contribution in [2.45, 2.75) is 9.79 Å². The molecule has 4 rings (SSSR count). The highest BCUT2D eigenvalue weighted by Crippen LogP contribution is 2.41. The van der Waals surface area contributed by atoms with Crippen molar-refractivity contribution in [3.63, 3.8) is 0 Å². The molecule has 8 heteroatoms. The normalized spacial score (nSPS) is 10.4. The van der Waals surface area contributed by atoms with E-state index in [-0.39, 0.29) is 11.8 Å². The molecule has 0 unspecified atom stereocenters. The van der Waals surface area contributed by atoms with E-state index in [0.717, 1.165) is 9.79 Å². The van der Waals surface area contributed by atoms with Crippen LogP contribution in [0.15, 0.2) is 107 Å². The predicted molar refractivity (Wildman–Crippen MR) is 146 cm³/mol. The van der Waals surface area contributed by atoms with Gasteiger partial charge >= 0.3 is 0 Å². The fraction of sp³-hybridized carbons (Fsp3) is 0.0714. The number of benzene rings is 4. The summed E-state index contributed by atoms with van der Waals surface area (Å²) in [4.78, 5) is 27.7. The minimum absolute atomic E-state index is 0.245. The number of carbonyl (C=O) groups is 2. The van der Waals surface area contributed by atoms with Crippen molar-refractivity contribution < 1.29 is 19.1 Å². The molecule has 6 nitrogen and oxygen atoms in total. The van der Waals surface area contributed by atoms with Gasteiger partial charge in [-0.2, -0.15) is 0 Å². The summed E-state index contributed by atoms with van der Waals surface area (Å²) in [6.45, 7) is 0. The van der Waals surface area contributed by atoms with Crippen LogP contribution in [0, 0.1) is 0 Å². The summed E-state index contributed by atoms with van der Waals surface area (Å²) in [7, 11) is 5.95. The van der Waals surface area contributed by atoms with Gasteiger partial charge in [-0.3, -0.25) is 9.59 Å². The third kappa shape index (κ3) is 6.02. The van der Waals surface area contributed by atoms with Crippen LogP contribution in [0.3, 0.4) is 0 Å². The molecule has 0 heterocycles. The third-order valence-corrected chi connectivity index (χ3v) is 7.68. The van der Waals surface area contributed by atoms with Gasteiger partial charge in [-0.15, -0.1) is 0 Å². The van der Waals surface area contributed by atoms with Gasteiger partial charge in [0.1, 0.15) is 11.5 Å². The zero-order chi connectivity index (χ0) is 25.3. The quantitative estimate of drug-likeness (QED) is 0.233. The van der Waals surface area contributed by atoms with Gasteiger partial charge in [-0.25, -0.2) is 0 Å². The molecule has 0 aromatic heterocycles. The fourth-order valence-electron chi connectivity index (χ4n) is 3.42. The highest BCUT2D eigenvalue weighted by molar-refractivity contribution is 8.76. The number of carbonyl (C=O) groups excluding carboxylic acids is 2. The van der Waals surface area contributed by atoms with Gasteiger partial charge in [0, 0.05) is 9.79 Å². The van der Waals surface area contributed by atoms with Crippen molar-refractivity contribution in [2.24, 2.45) is 0 Å². The SMILES string of the molecule is COc1ccccc1NC(=O)c1ccccc1SSc1ccccc1C(=O)Nc1ccccc1OC. The van der Waals surface area contributed by atoms with Crippen LogP contribution in [0.2, 0.25) is 0 Å². The first-order valence-corrected chi connectivity index (χ1v) is 13.2. The lowest BCUT2D eigenvalue weighted by Gasteiger charge is -2.13. The van der Waals surface area contributed by atoms with E-state index < -0.39 is 0 Å². The average Bonchev–Trinajstić information content (AvgIpc) is 2.92. The van der Waals surface area contributed by atoms with Crippen molar-refractivity contribution in [2.75, 3.05) is 24.9 Å². The molecule has 0 radical (unpaired) electrons. The Labute approximate surface area is 217 Å². The minimum atomic E-state index is -0.245. The molecule has 182 valence electrons. The van der Waals surface area contributed by atoms with Crippen LogP contribution in [0.5, 0.6) is 11.5 Å². The maximum Gasteiger partial charge on any atom is 0.256 e. The van der Waals surface area contributed by atoms with Crippen molar-refractivity contribution in [3.05, 3.63) is 108 Å². The maximum absolute atomic E-state index is 13.1. The van der Waals surface area contributed by atoms with Gasteiger partial charge in [0.2, 0.25) is 0 Å². The first-order valence-electron chi connectivity index (χ1n) is 11.0. The van der Waals surface area contributed by atoms with Crippen LogP contribution < -0.4 is 20.1 Å². The lowest BCUT2D eigenvalue weighted by molar-refractivity contribution is 0.101. The molecular weight excluding hydrogens is 492 g/mol. The number of hydrogen-bond donors (Lipinski definition) is 2. The third-order valence-electron chi connectivity index (χ3n) is 5.19.